The molecule has 1 N–H and O–H groups in total. The Morgan fingerprint density at radius 1 is 0.950 bits per heavy atom. The Bertz CT molecular complexity index is 735. The monoisotopic (exact) mass is 291 g/mol. The van der Waals surface area contributed by atoms with Crippen molar-refractivity contribution in [2.75, 3.05) is 4.72 Å². The van der Waals surface area contributed by atoms with E-state index in [1.807, 2.05) is 13.0 Å². The number of hydrogen-bond donors (Lipinski definition) is 1. The summed E-state index contributed by atoms with van der Waals surface area (Å²) in [5.41, 5.74) is 3.15. The number of sulfonamides is 1. The van der Waals surface area contributed by atoms with Crippen molar-refractivity contribution in [1.82, 2.24) is 9.97 Å². The molecular weight excluding hydrogens is 274 g/mol. The zero-order valence-corrected chi connectivity index (χ0v) is 12.7. The number of nitrogens with one attached hydrogen (secondary N) is 1. The van der Waals surface area contributed by atoms with Gasteiger partial charge in [-0.1, -0.05) is 17.7 Å². The van der Waals surface area contributed by atoms with Crippen LogP contribution in [0.4, 0.5) is 5.95 Å². The molecular formula is C14H17N3O2S. The number of aromatic nitrogens is 2. The average Bonchev–Trinajstić information content (AvgIpc) is 2.25. The first-order chi connectivity index (χ1) is 9.28. The fraction of sp³-hybridized carbons (Fsp3) is 0.286. The number of anilines is 1. The van der Waals surface area contributed by atoms with Crippen LogP contribution >= 0.6 is 0 Å². The highest BCUT2D eigenvalue weighted by Crippen LogP contribution is 2.19. The predicted molar refractivity (Wildman–Crippen MR) is 78.2 cm³/mol. The standard InChI is InChI=1S/C14H17N3O2S/c1-9-5-6-13(10(2)7-9)20(18,19)17-14-15-11(3)8-12(4)16-14/h5-8H,1-4H3,(H,15,16,17). The second-order valence-corrected chi connectivity index (χ2v) is 6.50. The van der Waals surface area contributed by atoms with Gasteiger partial charge in [0, 0.05) is 11.4 Å². The van der Waals surface area contributed by atoms with Crippen molar-refractivity contribution < 1.29 is 8.42 Å². The Kier molecular flexibility index (Phi) is 3.76. The van der Waals surface area contributed by atoms with Crippen molar-refractivity contribution in [3.05, 3.63) is 46.8 Å². The minimum atomic E-state index is -3.67. The zero-order chi connectivity index (χ0) is 14.9. The van der Waals surface area contributed by atoms with Gasteiger partial charge in [0.1, 0.15) is 0 Å². The van der Waals surface area contributed by atoms with Crippen molar-refractivity contribution >= 4 is 16.0 Å². The average molecular weight is 291 g/mol. The molecule has 2 rings (SSSR count). The maximum atomic E-state index is 12.4. The van der Waals surface area contributed by atoms with Gasteiger partial charge in [0.25, 0.3) is 10.0 Å². The molecule has 1 heterocycles. The molecule has 0 aliphatic rings. The van der Waals surface area contributed by atoms with E-state index < -0.39 is 10.0 Å². The summed E-state index contributed by atoms with van der Waals surface area (Å²) in [6.07, 6.45) is 0. The van der Waals surface area contributed by atoms with E-state index in [1.165, 1.54) is 0 Å². The molecule has 0 amide bonds. The Morgan fingerprint density at radius 2 is 1.55 bits per heavy atom. The van der Waals surface area contributed by atoms with Gasteiger partial charge >= 0.3 is 0 Å². The minimum absolute atomic E-state index is 0.0995. The lowest BCUT2D eigenvalue weighted by Crippen LogP contribution is -2.16. The Morgan fingerprint density at radius 3 is 2.10 bits per heavy atom. The molecule has 106 valence electrons. The molecule has 0 spiro atoms. The normalized spacial score (nSPS) is 11.4. The zero-order valence-electron chi connectivity index (χ0n) is 11.9. The van der Waals surface area contributed by atoms with Gasteiger partial charge in [-0.05, 0) is 45.4 Å². The second-order valence-electron chi connectivity index (χ2n) is 4.85. The molecule has 0 aliphatic heterocycles. The lowest BCUT2D eigenvalue weighted by molar-refractivity contribution is 0.600. The molecule has 6 heteroatoms. The molecule has 0 fully saturated rings. The van der Waals surface area contributed by atoms with Crippen LogP contribution < -0.4 is 4.72 Å². The van der Waals surface area contributed by atoms with Crippen LogP contribution in [0, 0.1) is 27.7 Å². The van der Waals surface area contributed by atoms with Crippen molar-refractivity contribution in [2.24, 2.45) is 0 Å². The van der Waals surface area contributed by atoms with E-state index in [0.717, 1.165) is 17.0 Å². The molecule has 5 nitrogen and oxygen atoms in total. The van der Waals surface area contributed by atoms with Crippen molar-refractivity contribution in [3.8, 4) is 0 Å². The molecule has 0 radical (unpaired) electrons. The smallest absolute Gasteiger partial charge is 0.247 e. The molecule has 0 bridgehead atoms. The molecule has 0 unspecified atom stereocenters. The van der Waals surface area contributed by atoms with Gasteiger partial charge in [-0.15, -0.1) is 0 Å². The first kappa shape index (κ1) is 14.5. The SMILES string of the molecule is Cc1ccc(S(=O)(=O)Nc2nc(C)cc(C)n2)c(C)c1. The van der Waals surface area contributed by atoms with Crippen LogP contribution in [0.5, 0.6) is 0 Å². The van der Waals surface area contributed by atoms with E-state index in [-0.39, 0.29) is 10.8 Å². The molecule has 20 heavy (non-hydrogen) atoms. The fourth-order valence-electron chi connectivity index (χ4n) is 2.05. The topological polar surface area (TPSA) is 72.0 Å². The highest BCUT2D eigenvalue weighted by Gasteiger charge is 2.18. The summed E-state index contributed by atoms with van der Waals surface area (Å²) in [7, 11) is -3.67. The molecule has 1 aromatic carbocycles. The molecule has 2 aromatic rings. The van der Waals surface area contributed by atoms with Crippen LogP contribution in [0.25, 0.3) is 0 Å². The molecule has 0 aliphatic carbocycles. The number of hydrogen-bond acceptors (Lipinski definition) is 4. The second kappa shape index (κ2) is 5.20. The summed E-state index contributed by atoms with van der Waals surface area (Å²) in [5, 5.41) is 0. The van der Waals surface area contributed by atoms with Crippen LogP contribution in [0.3, 0.4) is 0 Å². The third-order valence-corrected chi connectivity index (χ3v) is 4.32. The summed E-state index contributed by atoms with van der Waals surface area (Å²) in [6, 6.07) is 6.98. The minimum Gasteiger partial charge on any atom is -0.247 e. The van der Waals surface area contributed by atoms with Crippen molar-refractivity contribution in [1.29, 1.82) is 0 Å². The Balaban J connectivity index is 2.40. The van der Waals surface area contributed by atoms with E-state index in [4.69, 9.17) is 0 Å². The maximum Gasteiger partial charge on any atom is 0.264 e. The maximum absolute atomic E-state index is 12.4. The van der Waals surface area contributed by atoms with Gasteiger partial charge in [-0.3, -0.25) is 0 Å². The van der Waals surface area contributed by atoms with Gasteiger partial charge in [0.2, 0.25) is 5.95 Å². The number of aryl methyl sites for hydroxylation is 4. The van der Waals surface area contributed by atoms with Crippen LogP contribution in [-0.2, 0) is 10.0 Å². The summed E-state index contributed by atoms with van der Waals surface area (Å²) in [5.74, 6) is 0.0995. The number of nitrogens with zero attached hydrogens (tertiary/aromatic N) is 2. The number of benzene rings is 1. The first-order valence-electron chi connectivity index (χ1n) is 6.20. The Labute approximate surface area is 119 Å². The molecule has 0 saturated heterocycles. The molecule has 0 atom stereocenters. The lowest BCUT2D eigenvalue weighted by Gasteiger charge is -2.10. The lowest BCUT2D eigenvalue weighted by atomic mass is 10.2. The van der Waals surface area contributed by atoms with E-state index in [9.17, 15) is 8.42 Å². The van der Waals surface area contributed by atoms with Gasteiger partial charge in [-0.25, -0.2) is 23.1 Å². The molecule has 1 aromatic heterocycles. The van der Waals surface area contributed by atoms with Crippen molar-refractivity contribution in [2.45, 2.75) is 32.6 Å². The van der Waals surface area contributed by atoms with Crippen molar-refractivity contribution in [3.63, 3.8) is 0 Å². The van der Waals surface area contributed by atoms with Crippen LogP contribution in [0.15, 0.2) is 29.2 Å². The quantitative estimate of drug-likeness (QED) is 0.943. The summed E-state index contributed by atoms with van der Waals surface area (Å²) >= 11 is 0. The number of rotatable bonds is 3. The van der Waals surface area contributed by atoms with Gasteiger partial charge < -0.3 is 0 Å². The summed E-state index contributed by atoms with van der Waals surface area (Å²) in [6.45, 7) is 7.28. The van der Waals surface area contributed by atoms with Crippen LogP contribution in [0.1, 0.15) is 22.5 Å². The largest absolute Gasteiger partial charge is 0.264 e. The highest BCUT2D eigenvalue weighted by molar-refractivity contribution is 7.92. The molecule has 0 saturated carbocycles. The van der Waals surface area contributed by atoms with Gasteiger partial charge in [-0.2, -0.15) is 0 Å². The third kappa shape index (κ3) is 3.14. The Hall–Kier alpha value is -1.95. The van der Waals surface area contributed by atoms with Crippen LogP contribution in [0.2, 0.25) is 0 Å². The van der Waals surface area contributed by atoms with E-state index >= 15 is 0 Å². The van der Waals surface area contributed by atoms with E-state index in [1.54, 1.807) is 39.0 Å². The highest BCUT2D eigenvalue weighted by atomic mass is 32.2. The van der Waals surface area contributed by atoms with Crippen LogP contribution in [-0.4, -0.2) is 18.4 Å². The predicted octanol–water partition coefficient (Wildman–Crippen LogP) is 2.51. The van der Waals surface area contributed by atoms with Gasteiger partial charge in [0.15, 0.2) is 0 Å². The fourth-order valence-corrected chi connectivity index (χ4v) is 3.22. The summed E-state index contributed by atoms with van der Waals surface area (Å²) < 4.78 is 27.2. The van der Waals surface area contributed by atoms with E-state index in [2.05, 4.69) is 14.7 Å². The first-order valence-corrected chi connectivity index (χ1v) is 7.68. The third-order valence-electron chi connectivity index (χ3n) is 2.83. The van der Waals surface area contributed by atoms with E-state index in [0.29, 0.717) is 5.56 Å². The van der Waals surface area contributed by atoms with Gasteiger partial charge in [0.05, 0.1) is 4.90 Å². The summed E-state index contributed by atoms with van der Waals surface area (Å²) in [4.78, 5) is 8.42.